The fourth-order valence-electron chi connectivity index (χ4n) is 4.47. The van der Waals surface area contributed by atoms with Crippen LogP contribution in [0, 0.1) is 6.92 Å². The number of benzene rings is 2. The van der Waals surface area contributed by atoms with Gasteiger partial charge in [-0.05, 0) is 54.4 Å². The minimum absolute atomic E-state index is 0.0719. The predicted molar refractivity (Wildman–Crippen MR) is 144 cm³/mol. The number of carbonyl (C=O) groups excluding carboxylic acids is 1. The summed E-state index contributed by atoms with van der Waals surface area (Å²) in [5.41, 5.74) is 3.03. The van der Waals surface area contributed by atoms with Gasteiger partial charge in [0.25, 0.3) is 15.9 Å². The number of hydrogen-bond donors (Lipinski definition) is 1. The zero-order valence-corrected chi connectivity index (χ0v) is 21.8. The molecule has 0 bridgehead atoms. The lowest BCUT2D eigenvalue weighted by atomic mass is 10.1. The van der Waals surface area contributed by atoms with Crippen molar-refractivity contribution in [3.63, 3.8) is 0 Å². The van der Waals surface area contributed by atoms with Gasteiger partial charge in [-0.1, -0.05) is 29.8 Å². The van der Waals surface area contributed by atoms with E-state index in [2.05, 4.69) is 19.6 Å². The van der Waals surface area contributed by atoms with Gasteiger partial charge in [0, 0.05) is 62.3 Å². The lowest BCUT2D eigenvalue weighted by Gasteiger charge is -2.35. The summed E-state index contributed by atoms with van der Waals surface area (Å²) in [5, 5.41) is 1.39. The number of para-hydroxylation sites is 1. The van der Waals surface area contributed by atoms with Crippen molar-refractivity contribution < 1.29 is 13.2 Å². The van der Waals surface area contributed by atoms with E-state index in [9.17, 15) is 13.2 Å². The summed E-state index contributed by atoms with van der Waals surface area (Å²) >= 11 is 6.23. The van der Waals surface area contributed by atoms with Gasteiger partial charge in [0.15, 0.2) is 0 Å². The van der Waals surface area contributed by atoms with Gasteiger partial charge in [0.05, 0.1) is 16.2 Å². The monoisotopic (exact) mass is 535 g/mol. The number of nitrogens with one attached hydrogen (secondary N) is 1. The minimum Gasteiger partial charge on any atom is -0.336 e. The number of carbonyl (C=O) groups is 1. The first-order valence-corrected chi connectivity index (χ1v) is 13.8. The van der Waals surface area contributed by atoms with E-state index in [1.807, 2.05) is 23.1 Å². The Hall–Kier alpha value is -3.53. The van der Waals surface area contributed by atoms with Crippen LogP contribution in [0.15, 0.2) is 78.1 Å². The van der Waals surface area contributed by atoms with E-state index in [1.54, 1.807) is 55.8 Å². The molecule has 0 spiro atoms. The molecule has 1 aliphatic rings. The third-order valence-electron chi connectivity index (χ3n) is 6.51. The number of pyridine rings is 2. The molecule has 0 unspecified atom stereocenters. The maximum atomic E-state index is 13.2. The molecule has 1 N–H and O–H groups in total. The Kier molecular flexibility index (Phi) is 7.10. The van der Waals surface area contributed by atoms with Crippen molar-refractivity contribution in [1.29, 1.82) is 0 Å². The molecule has 1 aliphatic heterocycles. The number of piperazine rings is 1. The first-order valence-electron chi connectivity index (χ1n) is 11.9. The molecule has 1 fully saturated rings. The number of hydrogen-bond acceptors (Lipinski definition) is 6. The number of amides is 1. The molecule has 37 heavy (non-hydrogen) atoms. The van der Waals surface area contributed by atoms with Crippen LogP contribution in [-0.4, -0.2) is 60.3 Å². The first-order chi connectivity index (χ1) is 17.8. The Bertz CT molecular complexity index is 1560. The van der Waals surface area contributed by atoms with E-state index in [0.29, 0.717) is 47.0 Å². The van der Waals surface area contributed by atoms with Gasteiger partial charge >= 0.3 is 0 Å². The SMILES string of the molecule is Cc1cc(C(=O)N2CCN(Cc3ccncc3Cl)CC2)ccc1NS(=O)(=O)c1cccc2cccnc12. The highest BCUT2D eigenvalue weighted by Gasteiger charge is 2.24. The van der Waals surface area contributed by atoms with Crippen LogP contribution in [0.5, 0.6) is 0 Å². The van der Waals surface area contributed by atoms with Crippen molar-refractivity contribution >= 4 is 44.1 Å². The fourth-order valence-corrected chi connectivity index (χ4v) is 5.96. The molecular weight excluding hydrogens is 510 g/mol. The summed E-state index contributed by atoms with van der Waals surface area (Å²) in [6, 6.07) is 15.6. The van der Waals surface area contributed by atoms with Crippen LogP contribution in [-0.2, 0) is 16.6 Å². The highest BCUT2D eigenvalue weighted by molar-refractivity contribution is 7.93. The van der Waals surface area contributed by atoms with E-state index < -0.39 is 10.0 Å². The molecule has 0 atom stereocenters. The predicted octanol–water partition coefficient (Wildman–Crippen LogP) is 4.35. The zero-order chi connectivity index (χ0) is 26.0. The van der Waals surface area contributed by atoms with Gasteiger partial charge in [-0.3, -0.25) is 24.4 Å². The molecule has 2 aromatic heterocycles. The molecular formula is C27H26ClN5O3S. The number of sulfonamides is 1. The van der Waals surface area contributed by atoms with Gasteiger partial charge in [-0.2, -0.15) is 0 Å². The normalized spacial score (nSPS) is 14.6. The van der Waals surface area contributed by atoms with E-state index in [0.717, 1.165) is 24.0 Å². The molecule has 190 valence electrons. The van der Waals surface area contributed by atoms with Crippen LogP contribution in [0.2, 0.25) is 5.02 Å². The third-order valence-corrected chi connectivity index (χ3v) is 8.25. The van der Waals surface area contributed by atoms with Crippen molar-refractivity contribution in [2.45, 2.75) is 18.4 Å². The number of nitrogens with zero attached hydrogens (tertiary/aromatic N) is 4. The van der Waals surface area contributed by atoms with Crippen molar-refractivity contribution in [1.82, 2.24) is 19.8 Å². The number of anilines is 1. The second kappa shape index (κ2) is 10.5. The Balaban J connectivity index is 1.26. The molecule has 5 rings (SSSR count). The summed E-state index contributed by atoms with van der Waals surface area (Å²) in [7, 11) is -3.88. The molecule has 0 saturated carbocycles. The van der Waals surface area contributed by atoms with Gasteiger partial charge in [0.1, 0.15) is 4.90 Å². The quantitative estimate of drug-likeness (QED) is 0.394. The van der Waals surface area contributed by atoms with Crippen molar-refractivity contribution in [2.75, 3.05) is 30.9 Å². The molecule has 3 heterocycles. The lowest BCUT2D eigenvalue weighted by molar-refractivity contribution is 0.0628. The Morgan fingerprint density at radius 3 is 2.57 bits per heavy atom. The van der Waals surface area contributed by atoms with Crippen LogP contribution in [0.1, 0.15) is 21.5 Å². The molecule has 1 saturated heterocycles. The maximum absolute atomic E-state index is 13.2. The number of rotatable bonds is 6. The highest BCUT2D eigenvalue weighted by Crippen LogP contribution is 2.26. The van der Waals surface area contributed by atoms with E-state index in [4.69, 9.17) is 11.6 Å². The number of aryl methyl sites for hydroxylation is 1. The Labute approximate surface area is 221 Å². The summed E-state index contributed by atoms with van der Waals surface area (Å²) in [6.45, 7) is 5.17. The topological polar surface area (TPSA) is 95.5 Å². The summed E-state index contributed by atoms with van der Waals surface area (Å²) < 4.78 is 29.0. The van der Waals surface area contributed by atoms with Gasteiger partial charge in [-0.25, -0.2) is 8.42 Å². The third kappa shape index (κ3) is 5.44. The van der Waals surface area contributed by atoms with Crippen LogP contribution < -0.4 is 4.72 Å². The Morgan fingerprint density at radius 1 is 1.03 bits per heavy atom. The van der Waals surface area contributed by atoms with Crippen molar-refractivity contribution in [3.8, 4) is 0 Å². The number of halogens is 1. The molecule has 0 radical (unpaired) electrons. The fraction of sp³-hybridized carbons (Fsp3) is 0.222. The van der Waals surface area contributed by atoms with E-state index in [-0.39, 0.29) is 10.8 Å². The number of aromatic nitrogens is 2. The lowest BCUT2D eigenvalue weighted by Crippen LogP contribution is -2.48. The summed E-state index contributed by atoms with van der Waals surface area (Å²) in [6.07, 6.45) is 4.94. The van der Waals surface area contributed by atoms with Gasteiger partial charge in [-0.15, -0.1) is 0 Å². The van der Waals surface area contributed by atoms with Gasteiger partial charge in [0.2, 0.25) is 0 Å². The minimum atomic E-state index is -3.88. The van der Waals surface area contributed by atoms with Crippen LogP contribution >= 0.6 is 11.6 Å². The Morgan fingerprint density at radius 2 is 1.81 bits per heavy atom. The molecule has 2 aromatic carbocycles. The average molecular weight is 536 g/mol. The first kappa shape index (κ1) is 25.1. The second-order valence-electron chi connectivity index (χ2n) is 9.00. The molecule has 0 aliphatic carbocycles. The molecule has 4 aromatic rings. The van der Waals surface area contributed by atoms with E-state index in [1.165, 1.54) is 6.07 Å². The number of fused-ring (bicyclic) bond motifs is 1. The maximum Gasteiger partial charge on any atom is 0.264 e. The smallest absolute Gasteiger partial charge is 0.264 e. The summed E-state index contributed by atoms with van der Waals surface area (Å²) in [4.78, 5) is 25.6. The standard InChI is InChI=1S/C27H26ClN5O3S/c1-19-16-21(27(34)33-14-12-32(13-15-33)18-22-9-11-29-17-23(22)28)7-8-24(19)31-37(35,36)25-6-2-4-20-5-3-10-30-26(20)25/h2-11,16-17,31H,12-15,18H2,1H3. The molecule has 8 nitrogen and oxygen atoms in total. The largest absolute Gasteiger partial charge is 0.336 e. The summed E-state index contributed by atoms with van der Waals surface area (Å²) in [5.74, 6) is -0.0719. The zero-order valence-electron chi connectivity index (χ0n) is 20.3. The highest BCUT2D eigenvalue weighted by atomic mass is 35.5. The van der Waals surface area contributed by atoms with E-state index >= 15 is 0 Å². The van der Waals surface area contributed by atoms with Crippen molar-refractivity contribution in [2.24, 2.45) is 0 Å². The van der Waals surface area contributed by atoms with Gasteiger partial charge < -0.3 is 4.90 Å². The second-order valence-corrected chi connectivity index (χ2v) is 11.1. The van der Waals surface area contributed by atoms with Crippen molar-refractivity contribution in [3.05, 3.63) is 94.9 Å². The molecule has 10 heteroatoms. The average Bonchev–Trinajstić information content (AvgIpc) is 2.91. The molecule has 1 amide bonds. The van der Waals surface area contributed by atoms with Crippen LogP contribution in [0.4, 0.5) is 5.69 Å². The van der Waals surface area contributed by atoms with Crippen LogP contribution in [0.3, 0.4) is 0 Å². The van der Waals surface area contributed by atoms with Crippen LogP contribution in [0.25, 0.3) is 10.9 Å².